The molecule has 0 spiro atoms. The molecule has 0 saturated heterocycles. The molecular weight excluding hydrogens is 336 g/mol. The summed E-state index contributed by atoms with van der Waals surface area (Å²) < 4.78 is 0. The predicted octanol–water partition coefficient (Wildman–Crippen LogP) is 6.20. The summed E-state index contributed by atoms with van der Waals surface area (Å²) in [6, 6.07) is 14.6. The Kier molecular flexibility index (Phi) is 5.74. The molecule has 27 heavy (non-hydrogen) atoms. The number of hydrogen-bond acceptors (Lipinski definition) is 2. The van der Waals surface area contributed by atoms with E-state index in [4.69, 9.17) is 5.11 Å². The van der Waals surface area contributed by atoms with Crippen molar-refractivity contribution in [2.75, 3.05) is 0 Å². The van der Waals surface area contributed by atoms with Crippen molar-refractivity contribution in [2.24, 2.45) is 10.8 Å². The van der Waals surface area contributed by atoms with Gasteiger partial charge in [0.1, 0.15) is 0 Å². The highest BCUT2D eigenvalue weighted by Crippen LogP contribution is 2.36. The molecule has 3 heteroatoms. The molecule has 2 aromatic rings. The standard InChI is InChI=1S/C24H28O3/c1-23(2,3)20(17-10-12-18(13-11-17)22(26)27)15-16-8-7-9-19(14-16)21(25)24(4,5)6/h7-15H,1-6H3,(H,26,27)/b20-15-. The van der Waals surface area contributed by atoms with Crippen LogP contribution in [0.2, 0.25) is 0 Å². The fourth-order valence-electron chi connectivity index (χ4n) is 2.89. The van der Waals surface area contributed by atoms with E-state index in [1.807, 2.05) is 57.2 Å². The van der Waals surface area contributed by atoms with Crippen molar-refractivity contribution in [1.29, 1.82) is 0 Å². The number of aromatic carboxylic acids is 1. The van der Waals surface area contributed by atoms with E-state index >= 15 is 0 Å². The zero-order valence-electron chi connectivity index (χ0n) is 17.0. The van der Waals surface area contributed by atoms with Crippen molar-refractivity contribution in [2.45, 2.75) is 41.5 Å². The van der Waals surface area contributed by atoms with Gasteiger partial charge in [-0.3, -0.25) is 4.79 Å². The van der Waals surface area contributed by atoms with Crippen molar-refractivity contribution >= 4 is 23.4 Å². The van der Waals surface area contributed by atoms with Crippen LogP contribution in [-0.4, -0.2) is 16.9 Å². The molecule has 0 atom stereocenters. The lowest BCUT2D eigenvalue weighted by molar-refractivity contribution is 0.0696. The number of carboxylic acids is 1. The van der Waals surface area contributed by atoms with E-state index in [0.717, 1.165) is 16.7 Å². The zero-order valence-corrected chi connectivity index (χ0v) is 17.0. The molecule has 0 aliphatic rings. The summed E-state index contributed by atoms with van der Waals surface area (Å²) in [5, 5.41) is 9.11. The summed E-state index contributed by atoms with van der Waals surface area (Å²) in [7, 11) is 0. The van der Waals surface area contributed by atoms with Crippen LogP contribution in [0, 0.1) is 10.8 Å². The maximum atomic E-state index is 12.6. The highest BCUT2D eigenvalue weighted by atomic mass is 16.4. The first-order chi connectivity index (χ1) is 12.4. The second-order valence-corrected chi connectivity index (χ2v) is 8.90. The van der Waals surface area contributed by atoms with E-state index in [0.29, 0.717) is 5.56 Å². The zero-order chi connectivity index (χ0) is 20.4. The van der Waals surface area contributed by atoms with E-state index in [9.17, 15) is 9.59 Å². The smallest absolute Gasteiger partial charge is 0.335 e. The van der Waals surface area contributed by atoms with Crippen LogP contribution in [0.5, 0.6) is 0 Å². The number of allylic oxidation sites excluding steroid dienone is 1. The molecule has 3 nitrogen and oxygen atoms in total. The van der Waals surface area contributed by atoms with Crippen LogP contribution in [0.3, 0.4) is 0 Å². The molecular formula is C24H28O3. The maximum absolute atomic E-state index is 12.6. The summed E-state index contributed by atoms with van der Waals surface area (Å²) >= 11 is 0. The lowest BCUT2D eigenvalue weighted by Gasteiger charge is -2.24. The van der Waals surface area contributed by atoms with E-state index in [1.165, 1.54) is 0 Å². The Morgan fingerprint density at radius 3 is 1.81 bits per heavy atom. The van der Waals surface area contributed by atoms with Crippen LogP contribution in [0.4, 0.5) is 0 Å². The number of benzene rings is 2. The number of carbonyl (C=O) groups is 2. The van der Waals surface area contributed by atoms with Gasteiger partial charge in [0.15, 0.2) is 5.78 Å². The Balaban J connectivity index is 2.51. The lowest BCUT2D eigenvalue weighted by Crippen LogP contribution is -2.20. The molecule has 1 N–H and O–H groups in total. The van der Waals surface area contributed by atoms with Gasteiger partial charge in [0.2, 0.25) is 0 Å². The topological polar surface area (TPSA) is 54.4 Å². The van der Waals surface area contributed by atoms with Crippen LogP contribution in [-0.2, 0) is 0 Å². The summed E-state index contributed by atoms with van der Waals surface area (Å²) in [5.41, 5.74) is 3.41. The van der Waals surface area contributed by atoms with Gasteiger partial charge < -0.3 is 5.11 Å². The number of Topliss-reactive ketones (excluding diaryl/α,β-unsaturated/α-hetero) is 1. The number of carbonyl (C=O) groups excluding carboxylic acids is 1. The van der Waals surface area contributed by atoms with Gasteiger partial charge in [-0.05, 0) is 40.3 Å². The van der Waals surface area contributed by atoms with Crippen LogP contribution in [0.15, 0.2) is 48.5 Å². The average molecular weight is 364 g/mol. The van der Waals surface area contributed by atoms with E-state index < -0.39 is 11.4 Å². The van der Waals surface area contributed by atoms with Gasteiger partial charge in [-0.2, -0.15) is 0 Å². The first kappa shape index (κ1) is 20.6. The van der Waals surface area contributed by atoms with Gasteiger partial charge in [0.05, 0.1) is 5.56 Å². The first-order valence-electron chi connectivity index (χ1n) is 9.10. The third kappa shape index (κ3) is 5.16. The predicted molar refractivity (Wildman–Crippen MR) is 111 cm³/mol. The Hall–Kier alpha value is -2.68. The van der Waals surface area contributed by atoms with Gasteiger partial charge in [-0.15, -0.1) is 0 Å². The first-order valence-corrected chi connectivity index (χ1v) is 9.10. The second kappa shape index (κ2) is 7.51. The third-order valence-electron chi connectivity index (χ3n) is 4.39. The van der Waals surface area contributed by atoms with Crippen LogP contribution >= 0.6 is 0 Å². The molecule has 0 aliphatic heterocycles. The molecule has 0 unspecified atom stereocenters. The highest BCUT2D eigenvalue weighted by molar-refractivity contribution is 6.00. The van der Waals surface area contributed by atoms with E-state index in [1.54, 1.807) is 12.1 Å². The Bertz CT molecular complexity index is 873. The highest BCUT2D eigenvalue weighted by Gasteiger charge is 2.23. The van der Waals surface area contributed by atoms with Crippen LogP contribution in [0.1, 0.15) is 73.4 Å². The molecule has 0 amide bonds. The normalized spacial score (nSPS) is 12.7. The fraction of sp³-hybridized carbons (Fsp3) is 0.333. The molecule has 0 aliphatic carbocycles. The Morgan fingerprint density at radius 2 is 1.33 bits per heavy atom. The van der Waals surface area contributed by atoms with Gasteiger partial charge in [0.25, 0.3) is 0 Å². The van der Waals surface area contributed by atoms with Gasteiger partial charge >= 0.3 is 5.97 Å². The quantitative estimate of drug-likeness (QED) is 0.519. The average Bonchev–Trinajstić information content (AvgIpc) is 2.57. The van der Waals surface area contributed by atoms with Crippen molar-refractivity contribution in [3.05, 3.63) is 70.8 Å². The largest absolute Gasteiger partial charge is 0.478 e. The Morgan fingerprint density at radius 1 is 0.778 bits per heavy atom. The number of ketones is 1. The fourth-order valence-corrected chi connectivity index (χ4v) is 2.89. The van der Waals surface area contributed by atoms with Crippen LogP contribution in [0.25, 0.3) is 11.6 Å². The summed E-state index contributed by atoms with van der Waals surface area (Å²) in [5.74, 6) is -0.822. The minimum Gasteiger partial charge on any atom is -0.478 e. The van der Waals surface area contributed by atoms with Gasteiger partial charge in [0, 0.05) is 11.0 Å². The van der Waals surface area contributed by atoms with Crippen molar-refractivity contribution in [3.8, 4) is 0 Å². The van der Waals surface area contributed by atoms with Gasteiger partial charge in [-0.25, -0.2) is 4.79 Å². The lowest BCUT2D eigenvalue weighted by atomic mass is 9.80. The maximum Gasteiger partial charge on any atom is 0.335 e. The molecule has 2 aromatic carbocycles. The van der Waals surface area contributed by atoms with E-state index in [2.05, 4.69) is 26.8 Å². The minimum atomic E-state index is -0.934. The van der Waals surface area contributed by atoms with Crippen molar-refractivity contribution in [1.82, 2.24) is 0 Å². The summed E-state index contributed by atoms with van der Waals surface area (Å²) in [6.45, 7) is 12.1. The SMILES string of the molecule is CC(C)(C)C(=O)c1cccc(/C=C(/c2ccc(C(=O)O)cc2)C(C)(C)C)c1. The summed E-state index contributed by atoms with van der Waals surface area (Å²) in [6.07, 6.45) is 2.08. The van der Waals surface area contributed by atoms with E-state index in [-0.39, 0.29) is 16.8 Å². The number of rotatable bonds is 4. The van der Waals surface area contributed by atoms with Gasteiger partial charge in [-0.1, -0.05) is 78.0 Å². The van der Waals surface area contributed by atoms with Crippen molar-refractivity contribution in [3.63, 3.8) is 0 Å². The Labute approximate surface area is 161 Å². The molecule has 0 aromatic heterocycles. The van der Waals surface area contributed by atoms with Crippen molar-refractivity contribution < 1.29 is 14.7 Å². The second-order valence-electron chi connectivity index (χ2n) is 8.90. The molecule has 0 fully saturated rings. The number of carboxylic acid groups (broad SMARTS) is 1. The molecule has 0 saturated carbocycles. The molecule has 0 heterocycles. The summed E-state index contributed by atoms with van der Waals surface area (Å²) in [4.78, 5) is 23.7. The molecule has 142 valence electrons. The molecule has 0 radical (unpaired) electrons. The minimum absolute atomic E-state index is 0.112. The molecule has 2 rings (SSSR count). The third-order valence-corrected chi connectivity index (χ3v) is 4.39. The number of hydrogen-bond donors (Lipinski definition) is 1. The monoisotopic (exact) mass is 364 g/mol. The molecule has 0 bridgehead atoms. The van der Waals surface area contributed by atoms with Crippen LogP contribution < -0.4 is 0 Å².